The molecule has 0 aliphatic heterocycles. The van der Waals surface area contributed by atoms with Crippen molar-refractivity contribution >= 4 is 17.1 Å². The van der Waals surface area contributed by atoms with Crippen LogP contribution >= 0.6 is 12.2 Å². The maximum Gasteiger partial charge on any atom is 0.328 e. The third-order valence-electron chi connectivity index (χ3n) is 2.57. The second kappa shape index (κ2) is 5.55. The summed E-state index contributed by atoms with van der Waals surface area (Å²) in [6, 6.07) is 11.0. The lowest BCUT2D eigenvalue weighted by Gasteiger charge is -2.06. The quantitative estimate of drug-likeness (QED) is 0.667. The van der Waals surface area contributed by atoms with Gasteiger partial charge in [0, 0.05) is 30.1 Å². The van der Waals surface area contributed by atoms with Crippen LogP contribution in [0.3, 0.4) is 0 Å². The zero-order valence-electron chi connectivity index (χ0n) is 9.63. The van der Waals surface area contributed by atoms with E-state index in [1.165, 1.54) is 16.8 Å². The summed E-state index contributed by atoms with van der Waals surface area (Å²) in [6.45, 7) is 0.462. The fourth-order valence-corrected chi connectivity index (χ4v) is 1.84. The van der Waals surface area contributed by atoms with Gasteiger partial charge in [0.05, 0.1) is 0 Å². The van der Waals surface area contributed by atoms with Crippen molar-refractivity contribution < 1.29 is 0 Å². The molecular formula is C13H12N2O2S. The highest BCUT2D eigenvalue weighted by molar-refractivity contribution is 7.80. The molecule has 0 amide bonds. The van der Waals surface area contributed by atoms with E-state index in [-0.39, 0.29) is 5.56 Å². The summed E-state index contributed by atoms with van der Waals surface area (Å²) in [4.78, 5) is 25.4. The van der Waals surface area contributed by atoms with Gasteiger partial charge in [0.15, 0.2) is 0 Å². The van der Waals surface area contributed by atoms with Crippen molar-refractivity contribution in [1.82, 2.24) is 9.55 Å². The Morgan fingerprint density at radius 2 is 1.89 bits per heavy atom. The van der Waals surface area contributed by atoms with E-state index < -0.39 is 5.69 Å². The number of benzene rings is 1. The number of aromatic nitrogens is 2. The number of aromatic amines is 1. The standard InChI is InChI=1S/C13H12N2O2S/c16-12-7-9-15(13(17)14-12)8-6-11(18)10-4-2-1-3-5-10/h1-5,7,9H,6,8H2,(H,14,16,17). The fourth-order valence-electron chi connectivity index (χ4n) is 1.61. The molecule has 1 N–H and O–H groups in total. The van der Waals surface area contributed by atoms with Gasteiger partial charge in [-0.25, -0.2) is 4.79 Å². The highest BCUT2D eigenvalue weighted by Gasteiger charge is 2.02. The highest BCUT2D eigenvalue weighted by Crippen LogP contribution is 2.05. The first-order valence-corrected chi connectivity index (χ1v) is 5.95. The van der Waals surface area contributed by atoms with Crippen LogP contribution in [-0.4, -0.2) is 14.4 Å². The normalized spacial score (nSPS) is 10.2. The second-order valence-electron chi connectivity index (χ2n) is 3.84. The van der Waals surface area contributed by atoms with Gasteiger partial charge < -0.3 is 4.57 Å². The Kier molecular flexibility index (Phi) is 3.84. The van der Waals surface area contributed by atoms with Crippen LogP contribution in [0.4, 0.5) is 0 Å². The number of H-pyrrole nitrogens is 1. The molecule has 2 rings (SSSR count). The molecule has 4 nitrogen and oxygen atoms in total. The van der Waals surface area contributed by atoms with Crippen LogP contribution in [-0.2, 0) is 6.54 Å². The molecule has 1 aromatic carbocycles. The lowest BCUT2D eigenvalue weighted by molar-refractivity contribution is 0.669. The minimum absolute atomic E-state index is 0.387. The van der Waals surface area contributed by atoms with Crippen LogP contribution in [0.15, 0.2) is 52.2 Å². The van der Waals surface area contributed by atoms with Gasteiger partial charge in [-0.05, 0) is 5.56 Å². The van der Waals surface area contributed by atoms with E-state index in [2.05, 4.69) is 4.98 Å². The van der Waals surface area contributed by atoms with Gasteiger partial charge >= 0.3 is 5.69 Å². The van der Waals surface area contributed by atoms with Crippen molar-refractivity contribution in [1.29, 1.82) is 0 Å². The number of rotatable bonds is 4. The Morgan fingerprint density at radius 1 is 1.17 bits per heavy atom. The van der Waals surface area contributed by atoms with Gasteiger partial charge in [0.25, 0.3) is 5.56 Å². The third kappa shape index (κ3) is 3.01. The molecule has 0 aliphatic rings. The summed E-state index contributed by atoms with van der Waals surface area (Å²) in [6.07, 6.45) is 2.07. The first kappa shape index (κ1) is 12.4. The Hall–Kier alpha value is -2.01. The third-order valence-corrected chi connectivity index (χ3v) is 3.01. The average molecular weight is 260 g/mol. The molecule has 0 saturated carbocycles. The minimum Gasteiger partial charge on any atom is -0.300 e. The number of hydrogen-bond donors (Lipinski definition) is 1. The largest absolute Gasteiger partial charge is 0.328 e. The van der Waals surface area contributed by atoms with Crippen LogP contribution in [0.2, 0.25) is 0 Å². The monoisotopic (exact) mass is 260 g/mol. The predicted molar refractivity (Wildman–Crippen MR) is 74.1 cm³/mol. The van der Waals surface area contributed by atoms with Crippen molar-refractivity contribution in [2.24, 2.45) is 0 Å². The van der Waals surface area contributed by atoms with Crippen molar-refractivity contribution in [3.05, 3.63) is 69.0 Å². The SMILES string of the molecule is O=c1ccn(CCC(=S)c2ccccc2)c(=O)[nH]1. The van der Waals surface area contributed by atoms with Crippen LogP contribution < -0.4 is 11.2 Å². The molecule has 0 unspecified atom stereocenters. The van der Waals surface area contributed by atoms with Crippen LogP contribution in [0.1, 0.15) is 12.0 Å². The summed E-state index contributed by atoms with van der Waals surface area (Å²) in [7, 11) is 0. The van der Waals surface area contributed by atoms with Gasteiger partial charge in [-0.3, -0.25) is 9.78 Å². The molecule has 92 valence electrons. The topological polar surface area (TPSA) is 54.9 Å². The van der Waals surface area contributed by atoms with Gasteiger partial charge in [0.1, 0.15) is 0 Å². The Morgan fingerprint density at radius 3 is 2.56 bits per heavy atom. The van der Waals surface area contributed by atoms with Crippen LogP contribution in [0.5, 0.6) is 0 Å². The summed E-state index contributed by atoms with van der Waals surface area (Å²) in [5.74, 6) is 0. The minimum atomic E-state index is -0.404. The highest BCUT2D eigenvalue weighted by atomic mass is 32.1. The summed E-state index contributed by atoms with van der Waals surface area (Å²) >= 11 is 5.30. The summed E-state index contributed by atoms with van der Waals surface area (Å²) < 4.78 is 1.44. The molecule has 2 aromatic rings. The predicted octanol–water partition coefficient (Wildman–Crippen LogP) is 1.34. The zero-order valence-corrected chi connectivity index (χ0v) is 10.4. The smallest absolute Gasteiger partial charge is 0.300 e. The molecule has 0 aliphatic carbocycles. The summed E-state index contributed by atoms with van der Waals surface area (Å²) in [5, 5.41) is 0. The van der Waals surface area contributed by atoms with Gasteiger partial charge in [-0.15, -0.1) is 0 Å². The van der Waals surface area contributed by atoms with E-state index in [1.807, 2.05) is 30.3 Å². The molecule has 1 aromatic heterocycles. The first-order chi connectivity index (χ1) is 8.66. The lowest BCUT2D eigenvalue weighted by atomic mass is 10.1. The van der Waals surface area contributed by atoms with Crippen molar-refractivity contribution in [3.8, 4) is 0 Å². The molecule has 0 atom stereocenters. The Balaban J connectivity index is 2.06. The molecule has 18 heavy (non-hydrogen) atoms. The number of thiocarbonyl (C=S) groups is 1. The van der Waals surface area contributed by atoms with E-state index in [4.69, 9.17) is 12.2 Å². The number of hydrogen-bond acceptors (Lipinski definition) is 3. The average Bonchev–Trinajstić information content (AvgIpc) is 2.38. The molecule has 0 spiro atoms. The van der Waals surface area contributed by atoms with E-state index in [1.54, 1.807) is 0 Å². The van der Waals surface area contributed by atoms with Gasteiger partial charge in [-0.2, -0.15) is 0 Å². The lowest BCUT2D eigenvalue weighted by Crippen LogP contribution is -2.29. The first-order valence-electron chi connectivity index (χ1n) is 5.55. The van der Waals surface area contributed by atoms with Crippen molar-refractivity contribution in [3.63, 3.8) is 0 Å². The molecule has 0 saturated heterocycles. The van der Waals surface area contributed by atoms with Gasteiger partial charge in [0.2, 0.25) is 0 Å². The number of nitrogens with one attached hydrogen (secondary N) is 1. The van der Waals surface area contributed by atoms with Gasteiger partial charge in [-0.1, -0.05) is 42.5 Å². The molecule has 0 radical (unpaired) electrons. The zero-order chi connectivity index (χ0) is 13.0. The maximum absolute atomic E-state index is 11.5. The van der Waals surface area contributed by atoms with Crippen LogP contribution in [0, 0.1) is 0 Å². The van der Waals surface area contributed by atoms with E-state index in [9.17, 15) is 9.59 Å². The maximum atomic E-state index is 11.5. The van der Waals surface area contributed by atoms with E-state index in [0.29, 0.717) is 13.0 Å². The molecular weight excluding hydrogens is 248 g/mol. The van der Waals surface area contributed by atoms with E-state index in [0.717, 1.165) is 10.4 Å². The molecule has 1 heterocycles. The Bertz CT molecular complexity index is 658. The number of nitrogens with zero attached hydrogens (tertiary/aromatic N) is 1. The van der Waals surface area contributed by atoms with Crippen LogP contribution in [0.25, 0.3) is 0 Å². The second-order valence-corrected chi connectivity index (χ2v) is 4.34. The molecule has 5 heteroatoms. The Labute approximate surface area is 109 Å². The molecule has 0 bridgehead atoms. The molecule has 0 fully saturated rings. The van der Waals surface area contributed by atoms with Crippen molar-refractivity contribution in [2.75, 3.05) is 0 Å². The van der Waals surface area contributed by atoms with Crippen molar-refractivity contribution in [2.45, 2.75) is 13.0 Å². The fraction of sp³-hybridized carbons (Fsp3) is 0.154. The number of aryl methyl sites for hydroxylation is 1. The summed E-state index contributed by atoms with van der Waals surface area (Å²) in [5.41, 5.74) is 0.199. The van der Waals surface area contributed by atoms with E-state index >= 15 is 0 Å².